The van der Waals surface area contributed by atoms with Crippen LogP contribution in [-0.2, 0) is 4.79 Å². The maximum atomic E-state index is 12.1. The first-order chi connectivity index (χ1) is 7.20. The second-order valence-electron chi connectivity index (χ2n) is 4.52. The van der Waals surface area contributed by atoms with Gasteiger partial charge in [-0.1, -0.05) is 19.3 Å². The molecule has 0 saturated heterocycles. The number of hydrogen-bond donors (Lipinski definition) is 1. The van der Waals surface area contributed by atoms with Crippen molar-refractivity contribution in [3.63, 3.8) is 0 Å². The Morgan fingerprint density at radius 1 is 1.40 bits per heavy atom. The summed E-state index contributed by atoms with van der Waals surface area (Å²) in [6.45, 7) is 2.81. The van der Waals surface area contributed by atoms with Gasteiger partial charge in [0.05, 0.1) is 6.04 Å². The number of amides is 1. The Balaban J connectivity index is 2.56. The summed E-state index contributed by atoms with van der Waals surface area (Å²) in [7, 11) is 3.79. The molecule has 1 fully saturated rings. The highest BCUT2D eigenvalue weighted by molar-refractivity contribution is 5.81. The standard InChI is InChI=1S/C12H24N2O/c1-4-14(3)12(15)11(13-2)10-8-6-5-7-9-10/h10-11,13H,4-9H2,1-3H3/t11-/m1/s1. The lowest BCUT2D eigenvalue weighted by Crippen LogP contribution is -2.48. The van der Waals surface area contributed by atoms with Gasteiger partial charge < -0.3 is 10.2 Å². The zero-order chi connectivity index (χ0) is 11.3. The van der Waals surface area contributed by atoms with Gasteiger partial charge in [-0.2, -0.15) is 0 Å². The van der Waals surface area contributed by atoms with E-state index in [1.807, 2.05) is 25.9 Å². The van der Waals surface area contributed by atoms with Crippen molar-refractivity contribution in [2.75, 3.05) is 20.6 Å². The number of nitrogens with one attached hydrogen (secondary N) is 1. The molecule has 1 amide bonds. The number of rotatable bonds is 4. The third-order valence-electron chi connectivity index (χ3n) is 3.55. The van der Waals surface area contributed by atoms with Crippen LogP contribution in [-0.4, -0.2) is 37.5 Å². The van der Waals surface area contributed by atoms with Gasteiger partial charge in [0.2, 0.25) is 5.91 Å². The molecule has 1 saturated carbocycles. The first-order valence-electron chi connectivity index (χ1n) is 6.13. The topological polar surface area (TPSA) is 32.3 Å². The van der Waals surface area contributed by atoms with Crippen LogP contribution >= 0.6 is 0 Å². The van der Waals surface area contributed by atoms with Crippen molar-refractivity contribution in [2.45, 2.75) is 45.1 Å². The number of nitrogens with zero attached hydrogens (tertiary/aromatic N) is 1. The smallest absolute Gasteiger partial charge is 0.239 e. The largest absolute Gasteiger partial charge is 0.345 e. The molecule has 1 aliphatic carbocycles. The molecule has 0 aromatic carbocycles. The maximum absolute atomic E-state index is 12.1. The van der Waals surface area contributed by atoms with Crippen molar-refractivity contribution in [1.29, 1.82) is 0 Å². The maximum Gasteiger partial charge on any atom is 0.239 e. The van der Waals surface area contributed by atoms with Crippen LogP contribution in [0.3, 0.4) is 0 Å². The highest BCUT2D eigenvalue weighted by Crippen LogP contribution is 2.27. The summed E-state index contributed by atoms with van der Waals surface area (Å²) in [4.78, 5) is 13.9. The Hall–Kier alpha value is -0.570. The minimum absolute atomic E-state index is 0.0373. The van der Waals surface area contributed by atoms with E-state index in [1.54, 1.807) is 0 Å². The molecule has 3 nitrogen and oxygen atoms in total. The fraction of sp³-hybridized carbons (Fsp3) is 0.917. The van der Waals surface area contributed by atoms with Gasteiger partial charge in [0, 0.05) is 13.6 Å². The van der Waals surface area contributed by atoms with Gasteiger partial charge in [0.15, 0.2) is 0 Å². The van der Waals surface area contributed by atoms with Crippen molar-refractivity contribution in [3.8, 4) is 0 Å². The first kappa shape index (κ1) is 12.5. The molecule has 1 atom stereocenters. The highest BCUT2D eigenvalue weighted by Gasteiger charge is 2.29. The quantitative estimate of drug-likeness (QED) is 0.768. The van der Waals surface area contributed by atoms with Crippen molar-refractivity contribution in [3.05, 3.63) is 0 Å². The third-order valence-corrected chi connectivity index (χ3v) is 3.55. The Labute approximate surface area is 93.2 Å². The number of likely N-dealkylation sites (N-methyl/N-ethyl adjacent to an activating group) is 2. The number of carbonyl (C=O) groups excluding carboxylic acids is 1. The van der Waals surface area contributed by atoms with Crippen molar-refractivity contribution >= 4 is 5.91 Å². The highest BCUT2D eigenvalue weighted by atomic mass is 16.2. The molecule has 0 radical (unpaired) electrons. The number of carbonyl (C=O) groups is 1. The first-order valence-corrected chi connectivity index (χ1v) is 6.13. The summed E-state index contributed by atoms with van der Waals surface area (Å²) in [6, 6.07) is 0.0373. The van der Waals surface area contributed by atoms with Crippen molar-refractivity contribution in [1.82, 2.24) is 10.2 Å². The molecule has 3 heteroatoms. The van der Waals surface area contributed by atoms with E-state index >= 15 is 0 Å². The van der Waals surface area contributed by atoms with Crippen LogP contribution in [0, 0.1) is 5.92 Å². The molecule has 0 bridgehead atoms. The van der Waals surface area contributed by atoms with Gasteiger partial charge >= 0.3 is 0 Å². The van der Waals surface area contributed by atoms with Crippen LogP contribution in [0.5, 0.6) is 0 Å². The molecular weight excluding hydrogens is 188 g/mol. The van der Waals surface area contributed by atoms with E-state index in [4.69, 9.17) is 0 Å². The van der Waals surface area contributed by atoms with Gasteiger partial charge in [-0.25, -0.2) is 0 Å². The Bertz CT molecular complexity index is 200. The van der Waals surface area contributed by atoms with Crippen LogP contribution in [0.4, 0.5) is 0 Å². The molecule has 15 heavy (non-hydrogen) atoms. The normalized spacial score (nSPS) is 19.9. The summed E-state index contributed by atoms with van der Waals surface area (Å²) < 4.78 is 0. The van der Waals surface area contributed by atoms with Crippen LogP contribution in [0.2, 0.25) is 0 Å². The molecule has 0 heterocycles. The second kappa shape index (κ2) is 6.11. The zero-order valence-corrected chi connectivity index (χ0v) is 10.3. The van der Waals surface area contributed by atoms with Gasteiger partial charge in [-0.3, -0.25) is 4.79 Å². The monoisotopic (exact) mass is 212 g/mol. The second-order valence-corrected chi connectivity index (χ2v) is 4.52. The molecule has 1 aliphatic rings. The molecule has 0 aromatic heterocycles. The lowest BCUT2D eigenvalue weighted by molar-refractivity contribution is -0.133. The van der Waals surface area contributed by atoms with Crippen molar-refractivity contribution < 1.29 is 4.79 Å². The SMILES string of the molecule is CCN(C)C(=O)[C@H](NC)C1CCCCC1. The average Bonchev–Trinajstić information content (AvgIpc) is 2.30. The van der Waals surface area contributed by atoms with E-state index in [-0.39, 0.29) is 11.9 Å². The Morgan fingerprint density at radius 3 is 2.47 bits per heavy atom. The lowest BCUT2D eigenvalue weighted by Gasteiger charge is -2.31. The summed E-state index contributed by atoms with van der Waals surface area (Å²) >= 11 is 0. The fourth-order valence-corrected chi connectivity index (χ4v) is 2.42. The van der Waals surface area contributed by atoms with Crippen LogP contribution < -0.4 is 5.32 Å². The van der Waals surface area contributed by atoms with E-state index in [2.05, 4.69) is 5.32 Å². The summed E-state index contributed by atoms with van der Waals surface area (Å²) in [5.74, 6) is 0.803. The Morgan fingerprint density at radius 2 is 2.00 bits per heavy atom. The molecule has 1 rings (SSSR count). The molecular formula is C12H24N2O. The molecule has 1 N–H and O–H groups in total. The van der Waals surface area contributed by atoms with E-state index in [9.17, 15) is 4.79 Å². The summed E-state index contributed by atoms with van der Waals surface area (Å²) in [5, 5.41) is 3.20. The van der Waals surface area contributed by atoms with E-state index < -0.39 is 0 Å². The minimum atomic E-state index is 0.0373. The van der Waals surface area contributed by atoms with E-state index in [1.165, 1.54) is 32.1 Å². The molecule has 0 aromatic rings. The van der Waals surface area contributed by atoms with Crippen LogP contribution in [0.15, 0.2) is 0 Å². The summed E-state index contributed by atoms with van der Waals surface area (Å²) in [5.41, 5.74) is 0. The minimum Gasteiger partial charge on any atom is -0.345 e. The van der Waals surface area contributed by atoms with E-state index in [0.717, 1.165) is 6.54 Å². The predicted octanol–water partition coefficient (Wildman–Crippen LogP) is 1.63. The third kappa shape index (κ3) is 3.20. The average molecular weight is 212 g/mol. The van der Waals surface area contributed by atoms with Crippen LogP contribution in [0.1, 0.15) is 39.0 Å². The fourth-order valence-electron chi connectivity index (χ4n) is 2.42. The number of hydrogen-bond acceptors (Lipinski definition) is 2. The van der Waals surface area contributed by atoms with E-state index in [0.29, 0.717) is 5.92 Å². The zero-order valence-electron chi connectivity index (χ0n) is 10.3. The lowest BCUT2D eigenvalue weighted by atomic mass is 9.83. The van der Waals surface area contributed by atoms with Crippen LogP contribution in [0.25, 0.3) is 0 Å². The Kier molecular flexibility index (Phi) is 5.09. The molecule has 0 unspecified atom stereocenters. The van der Waals surface area contributed by atoms with Gasteiger partial charge in [-0.05, 0) is 32.7 Å². The molecule has 0 aliphatic heterocycles. The predicted molar refractivity (Wildman–Crippen MR) is 62.7 cm³/mol. The van der Waals surface area contributed by atoms with Gasteiger partial charge in [-0.15, -0.1) is 0 Å². The van der Waals surface area contributed by atoms with Crippen molar-refractivity contribution in [2.24, 2.45) is 5.92 Å². The summed E-state index contributed by atoms with van der Waals surface area (Å²) in [6.07, 6.45) is 6.31. The van der Waals surface area contributed by atoms with Gasteiger partial charge in [0.25, 0.3) is 0 Å². The van der Waals surface area contributed by atoms with Gasteiger partial charge in [0.1, 0.15) is 0 Å². The molecule has 0 spiro atoms. The molecule has 88 valence electrons.